The molecule has 1 aliphatic heterocycles. The van der Waals surface area contributed by atoms with Gasteiger partial charge in [0.05, 0.1) is 5.52 Å². The molecule has 5 heterocycles. The Morgan fingerprint density at radius 2 is 1.66 bits per heavy atom. The zero-order chi connectivity index (χ0) is 24.2. The third-order valence-electron chi connectivity index (χ3n) is 7.04. The Morgan fingerprint density at radius 1 is 0.857 bits per heavy atom. The summed E-state index contributed by atoms with van der Waals surface area (Å²) >= 11 is 0. The summed E-state index contributed by atoms with van der Waals surface area (Å²) in [5, 5.41) is 9.08. The molecule has 0 spiro atoms. The van der Waals surface area contributed by atoms with Crippen LogP contribution in [0, 0.1) is 0 Å². The van der Waals surface area contributed by atoms with E-state index < -0.39 is 0 Å². The van der Waals surface area contributed by atoms with Crippen molar-refractivity contribution >= 4 is 33.6 Å². The molecule has 0 radical (unpaired) electrons. The fourth-order valence-electron chi connectivity index (χ4n) is 5.00. The molecule has 6 rings (SSSR count). The second-order valence-electron chi connectivity index (χ2n) is 10.2. The second-order valence-corrected chi connectivity index (χ2v) is 10.2. The van der Waals surface area contributed by atoms with E-state index in [1.165, 1.54) is 0 Å². The molecular formula is C27H30N8. The predicted molar refractivity (Wildman–Crippen MR) is 142 cm³/mol. The first-order chi connectivity index (χ1) is 16.9. The molecule has 178 valence electrons. The fraction of sp³-hybridized carbons (Fsp3) is 0.296. The van der Waals surface area contributed by atoms with Gasteiger partial charge in [0.15, 0.2) is 5.82 Å². The van der Waals surface area contributed by atoms with Gasteiger partial charge in [-0.2, -0.15) is 5.10 Å². The highest BCUT2D eigenvalue weighted by atomic mass is 15.3. The molecule has 0 aliphatic carbocycles. The van der Waals surface area contributed by atoms with Crippen molar-refractivity contribution in [2.75, 3.05) is 36.8 Å². The number of fused-ring (bicyclic) bond motifs is 2. The molecule has 8 heteroatoms. The average molecular weight is 467 g/mol. The van der Waals surface area contributed by atoms with Crippen molar-refractivity contribution in [3.63, 3.8) is 0 Å². The van der Waals surface area contributed by atoms with Crippen molar-refractivity contribution in [1.82, 2.24) is 30.0 Å². The summed E-state index contributed by atoms with van der Waals surface area (Å²) in [6.45, 7) is 10.9. The van der Waals surface area contributed by atoms with E-state index in [2.05, 4.69) is 86.1 Å². The molecule has 0 amide bonds. The number of piperazine rings is 1. The number of nitrogens with one attached hydrogen (secondary N) is 2. The molecule has 4 aromatic heterocycles. The number of H-pyrrole nitrogens is 2. The minimum atomic E-state index is 0.199. The van der Waals surface area contributed by atoms with Crippen molar-refractivity contribution in [3.8, 4) is 22.4 Å². The summed E-state index contributed by atoms with van der Waals surface area (Å²) < 4.78 is 0. The van der Waals surface area contributed by atoms with Gasteiger partial charge in [0.2, 0.25) is 0 Å². The molecule has 0 unspecified atom stereocenters. The van der Waals surface area contributed by atoms with E-state index in [-0.39, 0.29) is 5.54 Å². The van der Waals surface area contributed by atoms with E-state index in [1.807, 2.05) is 24.5 Å². The first kappa shape index (κ1) is 21.6. The van der Waals surface area contributed by atoms with Crippen molar-refractivity contribution in [2.24, 2.45) is 0 Å². The van der Waals surface area contributed by atoms with E-state index in [0.29, 0.717) is 5.82 Å². The van der Waals surface area contributed by atoms with Crippen LogP contribution in [0.25, 0.3) is 44.3 Å². The number of nitrogens with two attached hydrogens (primary N) is 1. The van der Waals surface area contributed by atoms with Crippen LogP contribution in [0.1, 0.15) is 20.8 Å². The maximum absolute atomic E-state index is 6.05. The maximum Gasteiger partial charge on any atom is 0.153 e. The lowest BCUT2D eigenvalue weighted by Gasteiger charge is -2.42. The van der Waals surface area contributed by atoms with E-state index in [1.54, 1.807) is 0 Å². The minimum absolute atomic E-state index is 0.199. The van der Waals surface area contributed by atoms with Crippen LogP contribution in [0.2, 0.25) is 0 Å². The van der Waals surface area contributed by atoms with Gasteiger partial charge in [-0.05, 0) is 68.3 Å². The molecule has 8 nitrogen and oxygen atoms in total. The third kappa shape index (κ3) is 3.89. The van der Waals surface area contributed by atoms with Gasteiger partial charge < -0.3 is 15.6 Å². The third-order valence-corrected chi connectivity index (χ3v) is 7.04. The fourth-order valence-corrected chi connectivity index (χ4v) is 5.00. The number of rotatable bonds is 3. The zero-order valence-electron chi connectivity index (χ0n) is 20.3. The highest BCUT2D eigenvalue weighted by Gasteiger charge is 2.26. The molecule has 5 aromatic rings. The van der Waals surface area contributed by atoms with Crippen molar-refractivity contribution in [3.05, 3.63) is 54.9 Å². The van der Waals surface area contributed by atoms with Gasteiger partial charge in [-0.3, -0.25) is 10.00 Å². The van der Waals surface area contributed by atoms with Crippen LogP contribution in [0.4, 0.5) is 11.6 Å². The number of aromatic nitrogens is 5. The summed E-state index contributed by atoms with van der Waals surface area (Å²) in [6.07, 6.45) is 3.74. The van der Waals surface area contributed by atoms with E-state index in [4.69, 9.17) is 5.73 Å². The highest BCUT2D eigenvalue weighted by molar-refractivity contribution is 5.99. The van der Waals surface area contributed by atoms with Crippen LogP contribution in [-0.4, -0.2) is 61.8 Å². The predicted octanol–water partition coefficient (Wildman–Crippen LogP) is 4.67. The number of anilines is 2. The van der Waals surface area contributed by atoms with Crippen LogP contribution >= 0.6 is 0 Å². The first-order valence-corrected chi connectivity index (χ1v) is 12.0. The molecule has 1 aromatic carbocycles. The molecule has 35 heavy (non-hydrogen) atoms. The van der Waals surface area contributed by atoms with Crippen LogP contribution in [-0.2, 0) is 0 Å². The normalized spacial score (nSPS) is 15.3. The van der Waals surface area contributed by atoms with Gasteiger partial charge in [0, 0.05) is 66.1 Å². The molecule has 1 saturated heterocycles. The van der Waals surface area contributed by atoms with Gasteiger partial charge in [-0.15, -0.1) is 0 Å². The Balaban J connectivity index is 1.33. The van der Waals surface area contributed by atoms with E-state index >= 15 is 0 Å². The minimum Gasteiger partial charge on any atom is -0.382 e. The highest BCUT2D eigenvalue weighted by Crippen LogP contribution is 2.34. The van der Waals surface area contributed by atoms with Gasteiger partial charge in [-0.1, -0.05) is 6.07 Å². The Bertz CT molecular complexity index is 1520. The SMILES string of the molecule is CC(C)(C)N1CCN(c2cc(-c3cc4c(-c5ccc6[nH]nc(N)c6c5)ccnc4[nH]3)ccn2)CC1. The molecule has 1 fully saturated rings. The average Bonchev–Trinajstić information content (AvgIpc) is 3.47. The van der Waals surface area contributed by atoms with E-state index in [9.17, 15) is 0 Å². The number of hydrogen-bond donors (Lipinski definition) is 3. The molecule has 0 saturated carbocycles. The number of aromatic amines is 2. The van der Waals surface area contributed by atoms with Gasteiger partial charge >= 0.3 is 0 Å². The first-order valence-electron chi connectivity index (χ1n) is 12.0. The second kappa shape index (κ2) is 8.09. The Kier molecular flexibility index (Phi) is 5.00. The molecular weight excluding hydrogens is 436 g/mol. The lowest BCUT2D eigenvalue weighted by atomic mass is 10.0. The summed E-state index contributed by atoms with van der Waals surface area (Å²) in [5.74, 6) is 1.53. The number of hydrogen-bond acceptors (Lipinski definition) is 6. The van der Waals surface area contributed by atoms with Crippen molar-refractivity contribution in [1.29, 1.82) is 0 Å². The Labute approximate surface area is 204 Å². The lowest BCUT2D eigenvalue weighted by Crippen LogP contribution is -2.53. The number of benzene rings is 1. The topological polar surface area (TPSA) is 103 Å². The summed E-state index contributed by atoms with van der Waals surface area (Å²) in [5.41, 5.74) is 12.3. The number of pyridine rings is 2. The maximum atomic E-state index is 6.05. The quantitative estimate of drug-likeness (QED) is 0.357. The molecule has 1 aliphatic rings. The van der Waals surface area contributed by atoms with Crippen LogP contribution in [0.5, 0.6) is 0 Å². The Hall–Kier alpha value is -3.91. The lowest BCUT2D eigenvalue weighted by molar-refractivity contribution is 0.128. The zero-order valence-corrected chi connectivity index (χ0v) is 20.3. The van der Waals surface area contributed by atoms with E-state index in [0.717, 1.165) is 76.3 Å². The van der Waals surface area contributed by atoms with Gasteiger partial charge in [0.25, 0.3) is 0 Å². The number of nitrogen functional groups attached to an aromatic ring is 1. The Morgan fingerprint density at radius 3 is 2.46 bits per heavy atom. The molecule has 4 N–H and O–H groups in total. The summed E-state index contributed by atoms with van der Waals surface area (Å²) in [7, 11) is 0. The smallest absolute Gasteiger partial charge is 0.153 e. The molecule has 0 atom stereocenters. The van der Waals surface area contributed by atoms with Crippen molar-refractivity contribution < 1.29 is 0 Å². The monoisotopic (exact) mass is 466 g/mol. The summed E-state index contributed by atoms with van der Waals surface area (Å²) in [6, 6.07) is 14.6. The number of nitrogens with zero attached hydrogens (tertiary/aromatic N) is 5. The van der Waals surface area contributed by atoms with Crippen molar-refractivity contribution in [2.45, 2.75) is 26.3 Å². The summed E-state index contributed by atoms with van der Waals surface area (Å²) in [4.78, 5) is 17.7. The largest absolute Gasteiger partial charge is 0.382 e. The van der Waals surface area contributed by atoms with Gasteiger partial charge in [-0.25, -0.2) is 9.97 Å². The van der Waals surface area contributed by atoms with Crippen LogP contribution < -0.4 is 10.6 Å². The molecule has 0 bridgehead atoms. The van der Waals surface area contributed by atoms with Gasteiger partial charge in [0.1, 0.15) is 11.5 Å². The standard InChI is InChI=1S/C27H30N8/c1-27(2,3)35-12-10-34(11-13-35)24-15-18(6-8-29-24)23-16-20-19(7-9-30-26(20)31-23)17-4-5-22-21(14-17)25(28)33-32-22/h4-9,14-16H,10-13H2,1-3H3,(H,30,31)(H3,28,32,33). The van der Waals surface area contributed by atoms with Crippen LogP contribution in [0.15, 0.2) is 54.9 Å². The van der Waals surface area contributed by atoms with Crippen LogP contribution in [0.3, 0.4) is 0 Å².